The number of hydrogen-bond donors (Lipinski definition) is 2. The molecule has 0 radical (unpaired) electrons. The minimum Gasteiger partial charge on any atom is -0.508 e. The van der Waals surface area contributed by atoms with Crippen LogP contribution in [0.3, 0.4) is 0 Å². The number of hydrogen-bond acceptors (Lipinski definition) is 2. The summed E-state index contributed by atoms with van der Waals surface area (Å²) in [4.78, 5) is 0. The Balaban J connectivity index is 1.82. The molecule has 136 valence electrons. The van der Waals surface area contributed by atoms with E-state index in [2.05, 4.69) is 43.3 Å². The second kappa shape index (κ2) is 6.28. The predicted octanol–water partition coefficient (Wildman–Crippen LogP) is 6.23. The van der Waals surface area contributed by atoms with Crippen molar-refractivity contribution in [3.05, 3.63) is 107 Å². The lowest BCUT2D eigenvalue weighted by Crippen LogP contribution is -2.01. The quantitative estimate of drug-likeness (QED) is 0.389. The van der Waals surface area contributed by atoms with Crippen LogP contribution < -0.4 is 0 Å². The van der Waals surface area contributed by atoms with Gasteiger partial charge in [-0.2, -0.15) is 0 Å². The van der Waals surface area contributed by atoms with E-state index in [1.165, 1.54) is 33.4 Å². The first-order valence-electron chi connectivity index (χ1n) is 9.44. The van der Waals surface area contributed by atoms with Crippen molar-refractivity contribution in [2.75, 3.05) is 0 Å². The van der Waals surface area contributed by atoms with E-state index in [9.17, 15) is 10.2 Å². The highest BCUT2D eigenvalue weighted by atomic mass is 16.3. The molecule has 2 heteroatoms. The first kappa shape index (κ1) is 16.6. The van der Waals surface area contributed by atoms with Gasteiger partial charge < -0.3 is 10.2 Å². The molecule has 0 heterocycles. The summed E-state index contributed by atoms with van der Waals surface area (Å²) in [6.45, 7) is 2.13. The Morgan fingerprint density at radius 2 is 1.25 bits per heavy atom. The molecule has 0 aliphatic heterocycles. The molecule has 0 fully saturated rings. The number of phenols is 2. The van der Waals surface area contributed by atoms with Gasteiger partial charge in [-0.1, -0.05) is 60.7 Å². The van der Waals surface area contributed by atoms with Gasteiger partial charge in [0, 0.05) is 5.92 Å². The van der Waals surface area contributed by atoms with Gasteiger partial charge in [-0.15, -0.1) is 0 Å². The molecule has 0 saturated carbocycles. The third kappa shape index (κ3) is 2.57. The van der Waals surface area contributed by atoms with Gasteiger partial charge in [-0.05, 0) is 75.7 Å². The minimum atomic E-state index is 0.108. The van der Waals surface area contributed by atoms with Gasteiger partial charge in [0.2, 0.25) is 0 Å². The lowest BCUT2D eigenvalue weighted by molar-refractivity contribution is 0.474. The van der Waals surface area contributed by atoms with Crippen LogP contribution in [0.15, 0.2) is 84.9 Å². The van der Waals surface area contributed by atoms with Gasteiger partial charge in [0.1, 0.15) is 11.5 Å². The van der Waals surface area contributed by atoms with E-state index in [4.69, 9.17) is 0 Å². The molecule has 0 saturated heterocycles. The second-order valence-corrected chi connectivity index (χ2v) is 7.43. The van der Waals surface area contributed by atoms with E-state index in [1.54, 1.807) is 24.3 Å². The van der Waals surface area contributed by atoms with Crippen molar-refractivity contribution in [2.24, 2.45) is 0 Å². The summed E-state index contributed by atoms with van der Waals surface area (Å²) in [6, 6.07) is 28.0. The van der Waals surface area contributed by atoms with Crippen molar-refractivity contribution in [3.63, 3.8) is 0 Å². The average molecular weight is 364 g/mol. The van der Waals surface area contributed by atoms with Crippen molar-refractivity contribution in [1.82, 2.24) is 0 Å². The van der Waals surface area contributed by atoms with Gasteiger partial charge in [0.05, 0.1) is 0 Å². The normalized spacial score (nSPS) is 14.5. The van der Waals surface area contributed by atoms with E-state index in [0.717, 1.165) is 11.1 Å². The molecule has 5 rings (SSSR count). The number of fused-ring (bicyclic) bond motifs is 3. The molecule has 2 nitrogen and oxygen atoms in total. The zero-order chi connectivity index (χ0) is 19.3. The molecule has 0 bridgehead atoms. The molecule has 1 unspecified atom stereocenters. The first-order chi connectivity index (χ1) is 13.6. The summed E-state index contributed by atoms with van der Waals surface area (Å²) in [5.41, 5.74) is 9.74. The SMILES string of the molecule is Cc1cc(-c2ccc(O)cc2)c2c(c1)-c1ccccc1C2c1ccc(O)cc1. The van der Waals surface area contributed by atoms with Gasteiger partial charge in [0.15, 0.2) is 0 Å². The minimum absolute atomic E-state index is 0.108. The van der Waals surface area contributed by atoms with Crippen molar-refractivity contribution in [2.45, 2.75) is 12.8 Å². The Morgan fingerprint density at radius 1 is 0.643 bits per heavy atom. The molecule has 1 aliphatic carbocycles. The standard InChI is InChI=1S/C26H20O2/c1-16-14-23(17-6-10-19(27)11-7-17)26-24(15-16)21-4-2-3-5-22(21)25(26)18-8-12-20(28)13-9-18/h2-15,25,27-28H,1H3. The molecule has 2 N–H and O–H groups in total. The third-order valence-electron chi connectivity index (χ3n) is 5.58. The maximum Gasteiger partial charge on any atom is 0.115 e. The molecular formula is C26H20O2. The number of rotatable bonds is 2. The zero-order valence-electron chi connectivity index (χ0n) is 15.6. The van der Waals surface area contributed by atoms with Gasteiger partial charge in [-0.3, -0.25) is 0 Å². The second-order valence-electron chi connectivity index (χ2n) is 7.43. The van der Waals surface area contributed by atoms with E-state index in [1.807, 2.05) is 24.3 Å². The zero-order valence-corrected chi connectivity index (χ0v) is 15.6. The topological polar surface area (TPSA) is 40.5 Å². The van der Waals surface area contributed by atoms with Crippen LogP contribution in [-0.2, 0) is 0 Å². The summed E-state index contributed by atoms with van der Waals surface area (Å²) < 4.78 is 0. The van der Waals surface area contributed by atoms with Crippen molar-refractivity contribution in [3.8, 4) is 33.8 Å². The van der Waals surface area contributed by atoms with Gasteiger partial charge in [-0.25, -0.2) is 0 Å². The molecule has 1 aliphatic rings. The van der Waals surface area contributed by atoms with Gasteiger partial charge >= 0.3 is 0 Å². The lowest BCUT2D eigenvalue weighted by atomic mass is 9.84. The van der Waals surface area contributed by atoms with E-state index < -0.39 is 0 Å². The number of benzene rings is 4. The fourth-order valence-corrected chi connectivity index (χ4v) is 4.37. The van der Waals surface area contributed by atoms with E-state index in [-0.39, 0.29) is 17.4 Å². The Morgan fingerprint density at radius 3 is 1.96 bits per heavy atom. The molecule has 0 aromatic heterocycles. The van der Waals surface area contributed by atoms with Crippen molar-refractivity contribution >= 4 is 0 Å². The first-order valence-corrected chi connectivity index (χ1v) is 9.44. The third-order valence-corrected chi connectivity index (χ3v) is 5.58. The molecule has 0 spiro atoms. The van der Waals surface area contributed by atoms with Crippen LogP contribution in [0.1, 0.15) is 28.2 Å². The highest BCUT2D eigenvalue weighted by Crippen LogP contribution is 2.52. The average Bonchev–Trinajstić information content (AvgIpc) is 3.03. The summed E-state index contributed by atoms with van der Waals surface area (Å²) in [7, 11) is 0. The Bertz CT molecular complexity index is 1170. The molecular weight excluding hydrogens is 344 g/mol. The van der Waals surface area contributed by atoms with Crippen LogP contribution in [0.4, 0.5) is 0 Å². The summed E-state index contributed by atoms with van der Waals surface area (Å²) in [6.07, 6.45) is 0. The number of aryl methyl sites for hydroxylation is 1. The fraction of sp³-hybridized carbons (Fsp3) is 0.0769. The summed E-state index contributed by atoms with van der Waals surface area (Å²) in [5, 5.41) is 19.5. The number of aromatic hydroxyl groups is 2. The van der Waals surface area contributed by atoms with Crippen LogP contribution >= 0.6 is 0 Å². The summed E-state index contributed by atoms with van der Waals surface area (Å²) in [5.74, 6) is 0.653. The molecule has 0 amide bonds. The molecule has 28 heavy (non-hydrogen) atoms. The van der Waals surface area contributed by atoms with Crippen LogP contribution in [0.5, 0.6) is 11.5 Å². The van der Waals surface area contributed by atoms with Crippen molar-refractivity contribution < 1.29 is 10.2 Å². The van der Waals surface area contributed by atoms with Gasteiger partial charge in [0.25, 0.3) is 0 Å². The Kier molecular flexibility index (Phi) is 3.73. The molecule has 4 aromatic rings. The largest absolute Gasteiger partial charge is 0.508 e. The van der Waals surface area contributed by atoms with Crippen LogP contribution in [-0.4, -0.2) is 10.2 Å². The monoisotopic (exact) mass is 364 g/mol. The maximum absolute atomic E-state index is 9.76. The smallest absolute Gasteiger partial charge is 0.115 e. The molecule has 1 atom stereocenters. The van der Waals surface area contributed by atoms with E-state index in [0.29, 0.717) is 0 Å². The van der Waals surface area contributed by atoms with Crippen molar-refractivity contribution in [1.29, 1.82) is 0 Å². The summed E-state index contributed by atoms with van der Waals surface area (Å²) >= 11 is 0. The Labute approximate surface area is 164 Å². The lowest BCUT2D eigenvalue weighted by Gasteiger charge is -2.19. The molecule has 4 aromatic carbocycles. The van der Waals surface area contributed by atoms with Crippen LogP contribution in [0.2, 0.25) is 0 Å². The van der Waals surface area contributed by atoms with Crippen LogP contribution in [0.25, 0.3) is 22.3 Å². The highest BCUT2D eigenvalue weighted by molar-refractivity contribution is 5.88. The Hall–Kier alpha value is -3.52. The maximum atomic E-state index is 9.76. The number of phenolic OH excluding ortho intramolecular Hbond substituents is 2. The highest BCUT2D eigenvalue weighted by Gasteiger charge is 2.32. The van der Waals surface area contributed by atoms with Crippen LogP contribution in [0, 0.1) is 6.92 Å². The van der Waals surface area contributed by atoms with E-state index >= 15 is 0 Å². The predicted molar refractivity (Wildman–Crippen MR) is 113 cm³/mol. The fourth-order valence-electron chi connectivity index (χ4n) is 4.37.